The average Bonchev–Trinajstić information content (AvgIpc) is 2.80. The molecule has 0 spiro atoms. The number of hydrogen-bond donors (Lipinski definition) is 0. The van der Waals surface area contributed by atoms with Crippen LogP contribution in [0.3, 0.4) is 0 Å². The zero-order valence-corrected chi connectivity index (χ0v) is 18.4. The molecule has 0 N–H and O–H groups in total. The molecule has 1 saturated heterocycles. The van der Waals surface area contributed by atoms with Gasteiger partial charge in [0.1, 0.15) is 5.75 Å². The highest BCUT2D eigenvalue weighted by atomic mass is 16.5. The van der Waals surface area contributed by atoms with Crippen molar-refractivity contribution in [1.82, 2.24) is 9.88 Å². The summed E-state index contributed by atoms with van der Waals surface area (Å²) in [6, 6.07) is 22.7. The number of aromatic nitrogens is 1. The Morgan fingerprint density at radius 2 is 1.87 bits per heavy atom. The normalized spacial score (nSPS) is 16.2. The first-order chi connectivity index (χ1) is 15.1. The van der Waals surface area contributed by atoms with Gasteiger partial charge in [-0.3, -0.25) is 9.78 Å². The third kappa shape index (κ3) is 5.52. The molecular weight excluding hydrogens is 384 g/mol. The quantitative estimate of drug-likeness (QED) is 0.574. The Balaban J connectivity index is 1.41. The van der Waals surface area contributed by atoms with Crippen LogP contribution in [0.1, 0.15) is 46.8 Å². The fourth-order valence-corrected chi connectivity index (χ4v) is 4.33. The number of methoxy groups -OCH3 is 1. The van der Waals surface area contributed by atoms with Crippen LogP contribution in [0.4, 0.5) is 0 Å². The van der Waals surface area contributed by atoms with Crippen molar-refractivity contribution in [2.24, 2.45) is 0 Å². The van der Waals surface area contributed by atoms with Gasteiger partial charge in [-0.2, -0.15) is 0 Å². The van der Waals surface area contributed by atoms with Crippen LogP contribution in [0.15, 0.2) is 66.7 Å². The van der Waals surface area contributed by atoms with E-state index in [9.17, 15) is 4.79 Å². The van der Waals surface area contributed by atoms with Crippen LogP contribution in [0.2, 0.25) is 0 Å². The second kappa shape index (κ2) is 9.78. The summed E-state index contributed by atoms with van der Waals surface area (Å²) in [6.07, 6.45) is 3.36. The molecular formula is C27H30N2O2. The number of rotatable bonds is 6. The van der Waals surface area contributed by atoms with Crippen molar-refractivity contribution in [3.63, 3.8) is 0 Å². The standard InChI is InChI=1S/C27H30N2O2/c1-20-6-3-7-22(16-20)17-24-9-4-10-26(28-24)23-8-5-15-29(19-23)27(30)18-21-11-13-25(31-2)14-12-21/h3-4,6-7,9-14,16,23H,5,8,15,17-19H2,1-2H3/t23-/m0/s1. The maximum absolute atomic E-state index is 12.9. The number of nitrogens with zero attached hydrogens (tertiary/aromatic N) is 2. The van der Waals surface area contributed by atoms with Gasteiger partial charge in [0.15, 0.2) is 0 Å². The molecule has 0 unspecified atom stereocenters. The number of benzene rings is 2. The molecule has 0 bridgehead atoms. The maximum atomic E-state index is 12.9. The number of piperidine rings is 1. The highest BCUT2D eigenvalue weighted by Crippen LogP contribution is 2.27. The van der Waals surface area contributed by atoms with E-state index in [1.165, 1.54) is 11.1 Å². The Labute approximate surface area is 184 Å². The van der Waals surface area contributed by atoms with Crippen LogP contribution in [0, 0.1) is 6.92 Å². The maximum Gasteiger partial charge on any atom is 0.227 e. The van der Waals surface area contributed by atoms with Gasteiger partial charge in [-0.25, -0.2) is 0 Å². The first kappa shape index (κ1) is 21.1. The molecule has 2 aromatic carbocycles. The second-order valence-electron chi connectivity index (χ2n) is 8.42. The summed E-state index contributed by atoms with van der Waals surface area (Å²) in [5, 5.41) is 0. The molecule has 1 atom stereocenters. The Morgan fingerprint density at radius 1 is 1.06 bits per heavy atom. The van der Waals surface area contributed by atoms with Gasteiger partial charge in [-0.05, 0) is 55.2 Å². The summed E-state index contributed by atoms with van der Waals surface area (Å²) < 4.78 is 5.20. The summed E-state index contributed by atoms with van der Waals surface area (Å²) in [7, 11) is 1.65. The van der Waals surface area contributed by atoms with Crippen molar-refractivity contribution in [3.05, 3.63) is 94.8 Å². The van der Waals surface area contributed by atoms with Crippen molar-refractivity contribution in [1.29, 1.82) is 0 Å². The van der Waals surface area contributed by atoms with E-state index >= 15 is 0 Å². The number of ether oxygens (including phenoxy) is 1. The van der Waals surface area contributed by atoms with Gasteiger partial charge in [-0.1, -0.05) is 48.0 Å². The Morgan fingerprint density at radius 3 is 2.65 bits per heavy atom. The molecule has 1 fully saturated rings. The number of amides is 1. The van der Waals surface area contributed by atoms with Gasteiger partial charge < -0.3 is 9.64 Å². The molecule has 1 aromatic heterocycles. The molecule has 160 valence electrons. The van der Waals surface area contributed by atoms with Crippen LogP contribution in [-0.4, -0.2) is 36.0 Å². The number of pyridine rings is 1. The molecule has 3 aromatic rings. The average molecular weight is 415 g/mol. The first-order valence-corrected chi connectivity index (χ1v) is 11.0. The van der Waals surface area contributed by atoms with Crippen LogP contribution >= 0.6 is 0 Å². The second-order valence-corrected chi connectivity index (χ2v) is 8.42. The minimum Gasteiger partial charge on any atom is -0.497 e. The van der Waals surface area contributed by atoms with E-state index in [4.69, 9.17) is 9.72 Å². The highest BCUT2D eigenvalue weighted by molar-refractivity contribution is 5.79. The number of carbonyl (C=O) groups is 1. The minimum atomic E-state index is 0.186. The summed E-state index contributed by atoms with van der Waals surface area (Å²) in [5.41, 5.74) is 5.76. The van der Waals surface area contributed by atoms with E-state index in [1.807, 2.05) is 29.2 Å². The van der Waals surface area contributed by atoms with Gasteiger partial charge in [0.05, 0.1) is 13.5 Å². The Bertz CT molecular complexity index is 1030. The fourth-order valence-electron chi connectivity index (χ4n) is 4.33. The smallest absolute Gasteiger partial charge is 0.227 e. The lowest BCUT2D eigenvalue weighted by Gasteiger charge is -2.32. The van der Waals surface area contributed by atoms with Gasteiger partial charge in [0.25, 0.3) is 0 Å². The summed E-state index contributed by atoms with van der Waals surface area (Å²) in [5.74, 6) is 1.29. The Kier molecular flexibility index (Phi) is 6.66. The lowest BCUT2D eigenvalue weighted by molar-refractivity contribution is -0.131. The van der Waals surface area contributed by atoms with Crippen molar-refractivity contribution in [3.8, 4) is 5.75 Å². The van der Waals surface area contributed by atoms with Crippen LogP contribution < -0.4 is 4.74 Å². The topological polar surface area (TPSA) is 42.4 Å². The summed E-state index contributed by atoms with van der Waals surface area (Å²) >= 11 is 0. The van der Waals surface area contributed by atoms with E-state index in [0.717, 1.165) is 55.1 Å². The predicted molar refractivity (Wildman–Crippen MR) is 123 cm³/mol. The summed E-state index contributed by atoms with van der Waals surface area (Å²) in [4.78, 5) is 19.9. The van der Waals surface area contributed by atoms with Crippen molar-refractivity contribution in [2.45, 2.75) is 38.5 Å². The van der Waals surface area contributed by atoms with E-state index < -0.39 is 0 Å². The Hall–Kier alpha value is -3.14. The molecule has 1 aliphatic rings. The molecule has 0 saturated carbocycles. The fraction of sp³-hybridized carbons (Fsp3) is 0.333. The predicted octanol–water partition coefficient (Wildman–Crippen LogP) is 4.94. The van der Waals surface area contributed by atoms with Gasteiger partial charge >= 0.3 is 0 Å². The zero-order chi connectivity index (χ0) is 21.6. The molecule has 2 heterocycles. The molecule has 4 heteroatoms. The third-order valence-electron chi connectivity index (χ3n) is 6.00. The molecule has 0 aliphatic carbocycles. The van der Waals surface area contributed by atoms with Crippen molar-refractivity contribution >= 4 is 5.91 Å². The number of likely N-dealkylation sites (tertiary alicyclic amines) is 1. The van der Waals surface area contributed by atoms with Gasteiger partial charge in [0.2, 0.25) is 5.91 Å². The van der Waals surface area contributed by atoms with Crippen LogP contribution in [0.25, 0.3) is 0 Å². The van der Waals surface area contributed by atoms with Gasteiger partial charge in [0, 0.05) is 36.8 Å². The first-order valence-electron chi connectivity index (χ1n) is 11.0. The van der Waals surface area contributed by atoms with E-state index in [1.54, 1.807) is 7.11 Å². The van der Waals surface area contributed by atoms with Crippen LogP contribution in [0.5, 0.6) is 5.75 Å². The lowest BCUT2D eigenvalue weighted by Crippen LogP contribution is -2.40. The SMILES string of the molecule is COc1ccc(CC(=O)N2CCC[C@H](c3cccc(Cc4cccc(C)c4)n3)C2)cc1. The molecule has 4 rings (SSSR count). The van der Waals surface area contributed by atoms with Crippen molar-refractivity contribution < 1.29 is 9.53 Å². The van der Waals surface area contributed by atoms with E-state index in [-0.39, 0.29) is 5.91 Å². The monoisotopic (exact) mass is 414 g/mol. The minimum absolute atomic E-state index is 0.186. The largest absolute Gasteiger partial charge is 0.497 e. The lowest BCUT2D eigenvalue weighted by atomic mass is 9.93. The third-order valence-corrected chi connectivity index (χ3v) is 6.00. The molecule has 1 aliphatic heterocycles. The zero-order valence-electron chi connectivity index (χ0n) is 18.4. The molecule has 0 radical (unpaired) electrons. The molecule has 4 nitrogen and oxygen atoms in total. The number of hydrogen-bond acceptors (Lipinski definition) is 3. The van der Waals surface area contributed by atoms with Crippen LogP contribution in [-0.2, 0) is 17.6 Å². The van der Waals surface area contributed by atoms with E-state index in [0.29, 0.717) is 12.3 Å². The van der Waals surface area contributed by atoms with E-state index in [2.05, 4.69) is 49.4 Å². The highest BCUT2D eigenvalue weighted by Gasteiger charge is 2.25. The summed E-state index contributed by atoms with van der Waals surface area (Å²) in [6.45, 7) is 3.69. The molecule has 1 amide bonds. The van der Waals surface area contributed by atoms with Gasteiger partial charge in [-0.15, -0.1) is 0 Å². The number of aryl methyl sites for hydroxylation is 1. The van der Waals surface area contributed by atoms with Crippen molar-refractivity contribution in [2.75, 3.05) is 20.2 Å². The molecule has 31 heavy (non-hydrogen) atoms. The number of carbonyl (C=O) groups excluding carboxylic acids is 1.